The minimum absolute atomic E-state index is 0.214. The van der Waals surface area contributed by atoms with Gasteiger partial charge in [0.2, 0.25) is 0 Å². The SMILES string of the molecule is CC(=O)OC[C@H]1O[C@@H](n2c(C)ccc(C#N)c2=O)[C@H](OC(C)=O)[C@@H](OC(C)=O)[C@H]1OC(C)=O. The maximum atomic E-state index is 13.0. The molecule has 0 amide bonds. The molecule has 0 aliphatic carbocycles. The zero-order valence-corrected chi connectivity index (χ0v) is 18.7. The van der Waals surface area contributed by atoms with E-state index in [9.17, 15) is 29.2 Å². The van der Waals surface area contributed by atoms with E-state index in [1.807, 2.05) is 0 Å². The molecule has 1 fully saturated rings. The molecule has 1 saturated heterocycles. The van der Waals surface area contributed by atoms with Crippen molar-refractivity contribution < 1.29 is 42.9 Å². The number of pyridine rings is 1. The molecule has 0 radical (unpaired) electrons. The van der Waals surface area contributed by atoms with Crippen LogP contribution in [-0.2, 0) is 42.9 Å². The highest BCUT2D eigenvalue weighted by atomic mass is 16.7. The van der Waals surface area contributed by atoms with E-state index in [4.69, 9.17) is 23.7 Å². The van der Waals surface area contributed by atoms with Gasteiger partial charge in [-0.05, 0) is 19.1 Å². The molecule has 12 nitrogen and oxygen atoms in total. The molecule has 1 aromatic heterocycles. The lowest BCUT2D eigenvalue weighted by molar-refractivity contribution is -0.269. The van der Waals surface area contributed by atoms with Gasteiger partial charge in [0.1, 0.15) is 24.3 Å². The van der Waals surface area contributed by atoms with Crippen molar-refractivity contribution in [2.24, 2.45) is 0 Å². The van der Waals surface area contributed by atoms with Gasteiger partial charge in [0.05, 0.1) is 0 Å². The summed E-state index contributed by atoms with van der Waals surface area (Å²) in [6.07, 6.45) is -6.84. The summed E-state index contributed by atoms with van der Waals surface area (Å²) in [4.78, 5) is 59.9. The first-order valence-electron chi connectivity index (χ1n) is 9.89. The average molecular weight is 464 g/mol. The number of esters is 4. The van der Waals surface area contributed by atoms with Crippen molar-refractivity contribution in [3.8, 4) is 6.07 Å². The first kappa shape index (κ1) is 25.5. The highest BCUT2D eigenvalue weighted by Gasteiger charge is 2.53. The van der Waals surface area contributed by atoms with Crippen molar-refractivity contribution >= 4 is 23.9 Å². The van der Waals surface area contributed by atoms with Crippen LogP contribution in [-0.4, -0.2) is 59.5 Å². The lowest BCUT2D eigenvalue weighted by Gasteiger charge is -2.45. The van der Waals surface area contributed by atoms with Crippen LogP contribution >= 0.6 is 0 Å². The molecule has 0 unspecified atom stereocenters. The molecule has 1 aromatic rings. The zero-order chi connectivity index (χ0) is 24.9. The standard InChI is InChI=1S/C21H24N2O10/c1-10-6-7-15(8-22)20(28)23(10)21-19(32-14(5)27)18(31-13(4)26)17(30-12(3)25)16(33-21)9-29-11(2)24/h6-7,16-19,21H,9H2,1-5H3/t16-,17+,18+,19-,21-/m1/s1. The van der Waals surface area contributed by atoms with Crippen LogP contribution in [0.2, 0.25) is 0 Å². The predicted octanol–water partition coefficient (Wildman–Crippen LogP) is 0.284. The molecule has 0 spiro atoms. The fraction of sp³-hybridized carbons (Fsp3) is 0.524. The van der Waals surface area contributed by atoms with Crippen LogP contribution in [0.5, 0.6) is 0 Å². The van der Waals surface area contributed by atoms with Crippen molar-refractivity contribution in [1.29, 1.82) is 5.26 Å². The number of hydrogen-bond donors (Lipinski definition) is 0. The molecule has 0 aromatic carbocycles. The molecule has 178 valence electrons. The number of ether oxygens (including phenoxy) is 5. The van der Waals surface area contributed by atoms with Gasteiger partial charge in [-0.15, -0.1) is 0 Å². The summed E-state index contributed by atoms with van der Waals surface area (Å²) in [5.74, 6) is -3.03. The van der Waals surface area contributed by atoms with Gasteiger partial charge in [0.15, 0.2) is 24.5 Å². The third kappa shape index (κ3) is 6.17. The first-order chi connectivity index (χ1) is 15.5. The van der Waals surface area contributed by atoms with Gasteiger partial charge in [-0.1, -0.05) is 0 Å². The molecule has 2 heterocycles. The molecule has 1 aliphatic heterocycles. The smallest absolute Gasteiger partial charge is 0.303 e. The largest absolute Gasteiger partial charge is 0.463 e. The summed E-state index contributed by atoms with van der Waals surface area (Å²) in [6.45, 7) is 5.56. The van der Waals surface area contributed by atoms with E-state index >= 15 is 0 Å². The van der Waals surface area contributed by atoms with E-state index < -0.39 is 66.7 Å². The van der Waals surface area contributed by atoms with Crippen LogP contribution in [0.15, 0.2) is 16.9 Å². The number of nitrogens with zero attached hydrogens (tertiary/aromatic N) is 2. The summed E-state index contributed by atoms with van der Waals surface area (Å²) >= 11 is 0. The molecule has 2 rings (SSSR count). The molecule has 33 heavy (non-hydrogen) atoms. The number of carbonyl (C=O) groups excluding carboxylic acids is 4. The summed E-state index contributed by atoms with van der Waals surface area (Å²) in [6, 6.07) is 4.57. The molecule has 0 N–H and O–H groups in total. The Labute approximate surface area is 188 Å². The first-order valence-corrected chi connectivity index (χ1v) is 9.89. The predicted molar refractivity (Wildman–Crippen MR) is 107 cm³/mol. The van der Waals surface area contributed by atoms with Crippen LogP contribution in [0.3, 0.4) is 0 Å². The minimum Gasteiger partial charge on any atom is -0.463 e. The molecule has 1 aliphatic rings. The third-order valence-electron chi connectivity index (χ3n) is 4.66. The summed E-state index contributed by atoms with van der Waals surface area (Å²) in [5, 5.41) is 9.28. The fourth-order valence-corrected chi connectivity index (χ4v) is 3.46. The highest BCUT2D eigenvalue weighted by molar-refractivity contribution is 5.68. The van der Waals surface area contributed by atoms with Crippen molar-refractivity contribution in [1.82, 2.24) is 4.57 Å². The fourth-order valence-electron chi connectivity index (χ4n) is 3.46. The molecule has 0 bridgehead atoms. The lowest BCUT2D eigenvalue weighted by atomic mass is 9.96. The van der Waals surface area contributed by atoms with Gasteiger partial charge < -0.3 is 23.7 Å². The van der Waals surface area contributed by atoms with Crippen molar-refractivity contribution in [2.75, 3.05) is 6.61 Å². The van der Waals surface area contributed by atoms with Gasteiger partial charge in [-0.25, -0.2) is 0 Å². The quantitative estimate of drug-likeness (QED) is 0.420. The Bertz CT molecular complexity index is 1040. The molecular formula is C21H24N2O10. The van der Waals surface area contributed by atoms with Gasteiger partial charge >= 0.3 is 23.9 Å². The van der Waals surface area contributed by atoms with E-state index in [2.05, 4.69) is 0 Å². The topological polar surface area (TPSA) is 160 Å². The van der Waals surface area contributed by atoms with Crippen molar-refractivity contribution in [3.05, 3.63) is 33.7 Å². The number of aromatic nitrogens is 1. The van der Waals surface area contributed by atoms with E-state index in [0.29, 0.717) is 5.69 Å². The van der Waals surface area contributed by atoms with Crippen molar-refractivity contribution in [3.63, 3.8) is 0 Å². The lowest BCUT2D eigenvalue weighted by Crippen LogP contribution is -2.61. The van der Waals surface area contributed by atoms with Crippen molar-refractivity contribution in [2.45, 2.75) is 65.3 Å². The van der Waals surface area contributed by atoms with Gasteiger partial charge in [0, 0.05) is 33.4 Å². The van der Waals surface area contributed by atoms with E-state index in [1.165, 1.54) is 12.1 Å². The molecule has 5 atom stereocenters. The van der Waals surface area contributed by atoms with E-state index in [-0.39, 0.29) is 5.56 Å². The number of rotatable bonds is 6. The molecular weight excluding hydrogens is 440 g/mol. The minimum atomic E-state index is -1.45. The average Bonchev–Trinajstić information content (AvgIpc) is 2.69. The Morgan fingerprint density at radius 2 is 1.48 bits per heavy atom. The number of carbonyl (C=O) groups is 4. The van der Waals surface area contributed by atoms with Crippen LogP contribution in [0, 0.1) is 18.3 Å². The number of aryl methyl sites for hydroxylation is 1. The summed E-state index contributed by atoms with van der Waals surface area (Å²) in [5.41, 5.74) is -0.633. The van der Waals surface area contributed by atoms with Gasteiger partial charge in [-0.2, -0.15) is 5.26 Å². The normalized spacial score (nSPS) is 24.2. The van der Waals surface area contributed by atoms with Gasteiger partial charge in [-0.3, -0.25) is 28.5 Å². The highest BCUT2D eigenvalue weighted by Crippen LogP contribution is 2.34. The second-order valence-corrected chi connectivity index (χ2v) is 7.27. The second-order valence-electron chi connectivity index (χ2n) is 7.27. The zero-order valence-electron chi connectivity index (χ0n) is 18.7. The van der Waals surface area contributed by atoms with Crippen LogP contribution in [0.25, 0.3) is 0 Å². The maximum absolute atomic E-state index is 13.0. The summed E-state index contributed by atoms with van der Waals surface area (Å²) in [7, 11) is 0. The van der Waals surface area contributed by atoms with Crippen LogP contribution < -0.4 is 5.56 Å². The maximum Gasteiger partial charge on any atom is 0.303 e. The number of nitriles is 1. The van der Waals surface area contributed by atoms with E-state index in [1.54, 1.807) is 13.0 Å². The van der Waals surface area contributed by atoms with Crippen LogP contribution in [0.4, 0.5) is 0 Å². The number of hydrogen-bond acceptors (Lipinski definition) is 11. The molecule has 0 saturated carbocycles. The van der Waals surface area contributed by atoms with Crippen LogP contribution in [0.1, 0.15) is 45.2 Å². The summed E-state index contributed by atoms with van der Waals surface area (Å²) < 4.78 is 28.0. The Kier molecular flexibility index (Phi) is 8.31. The second kappa shape index (κ2) is 10.7. The van der Waals surface area contributed by atoms with E-state index in [0.717, 1.165) is 32.3 Å². The third-order valence-corrected chi connectivity index (χ3v) is 4.66. The Morgan fingerprint density at radius 1 is 0.939 bits per heavy atom. The monoisotopic (exact) mass is 464 g/mol. The Hall–Kier alpha value is -3.72. The van der Waals surface area contributed by atoms with Gasteiger partial charge in [0.25, 0.3) is 5.56 Å². The Balaban J connectivity index is 2.71. The molecule has 12 heteroatoms. The Morgan fingerprint density at radius 3 is 2.00 bits per heavy atom.